The summed E-state index contributed by atoms with van der Waals surface area (Å²) in [5.74, 6) is -1.22. The van der Waals surface area contributed by atoms with E-state index in [4.69, 9.17) is 14.2 Å². The van der Waals surface area contributed by atoms with Crippen molar-refractivity contribution in [3.05, 3.63) is 71.8 Å². The number of carbonyl (C=O) groups is 2. The summed E-state index contributed by atoms with van der Waals surface area (Å²) >= 11 is 3.05. The SMILES string of the molecule is O=C(OC[C@H]1O[C@H](Br)C(F)[C@@H]1OC(=O)c1ccccc1)c1ccccc1. The molecule has 3 rings (SSSR count). The highest BCUT2D eigenvalue weighted by atomic mass is 79.9. The Morgan fingerprint density at radius 1 is 0.962 bits per heavy atom. The molecule has 4 atom stereocenters. The summed E-state index contributed by atoms with van der Waals surface area (Å²) in [6.45, 7) is -0.233. The van der Waals surface area contributed by atoms with E-state index in [9.17, 15) is 14.0 Å². The van der Waals surface area contributed by atoms with Crippen molar-refractivity contribution in [2.75, 3.05) is 6.61 Å². The third kappa shape index (κ3) is 4.28. The molecule has 0 aliphatic carbocycles. The molecule has 0 aromatic heterocycles. The van der Waals surface area contributed by atoms with Gasteiger partial charge in [-0.25, -0.2) is 14.0 Å². The average Bonchev–Trinajstić information content (AvgIpc) is 2.95. The summed E-state index contributed by atoms with van der Waals surface area (Å²) in [5.41, 5.74) is 0.674. The van der Waals surface area contributed by atoms with Crippen LogP contribution in [-0.2, 0) is 14.2 Å². The summed E-state index contributed by atoms with van der Waals surface area (Å²) in [4.78, 5) is 24.2. The van der Waals surface area contributed by atoms with Crippen molar-refractivity contribution in [1.29, 1.82) is 0 Å². The van der Waals surface area contributed by atoms with Gasteiger partial charge >= 0.3 is 11.9 Å². The van der Waals surface area contributed by atoms with Crippen LogP contribution in [0.5, 0.6) is 0 Å². The molecule has 1 unspecified atom stereocenters. The van der Waals surface area contributed by atoms with Crippen LogP contribution in [0.2, 0.25) is 0 Å². The molecule has 1 fully saturated rings. The van der Waals surface area contributed by atoms with E-state index in [1.165, 1.54) is 0 Å². The fourth-order valence-corrected chi connectivity index (χ4v) is 3.11. The zero-order valence-electron chi connectivity index (χ0n) is 13.6. The van der Waals surface area contributed by atoms with E-state index in [0.29, 0.717) is 11.1 Å². The third-order valence-corrected chi connectivity index (χ3v) is 4.60. The van der Waals surface area contributed by atoms with Gasteiger partial charge in [0.25, 0.3) is 0 Å². The quantitative estimate of drug-likeness (QED) is 0.544. The Labute approximate surface area is 158 Å². The molecule has 1 saturated heterocycles. The highest BCUT2D eigenvalue weighted by Crippen LogP contribution is 2.31. The van der Waals surface area contributed by atoms with Gasteiger partial charge in [-0.05, 0) is 24.3 Å². The van der Waals surface area contributed by atoms with Gasteiger partial charge in [-0.2, -0.15) is 0 Å². The first-order valence-electron chi connectivity index (χ1n) is 7.98. The first-order chi connectivity index (χ1) is 12.6. The first-order valence-corrected chi connectivity index (χ1v) is 8.89. The van der Waals surface area contributed by atoms with Gasteiger partial charge in [0.2, 0.25) is 0 Å². The van der Waals surface area contributed by atoms with Crippen molar-refractivity contribution in [2.45, 2.75) is 23.4 Å². The molecule has 1 heterocycles. The van der Waals surface area contributed by atoms with Crippen LogP contribution >= 0.6 is 15.9 Å². The van der Waals surface area contributed by atoms with Gasteiger partial charge in [0.05, 0.1) is 11.1 Å². The molecule has 0 N–H and O–H groups in total. The molecule has 7 heteroatoms. The van der Waals surface area contributed by atoms with Crippen LogP contribution in [0.4, 0.5) is 4.39 Å². The minimum atomic E-state index is -1.58. The number of ether oxygens (including phenoxy) is 3. The van der Waals surface area contributed by atoms with E-state index < -0.39 is 35.3 Å². The number of rotatable bonds is 5. The molecular formula is C19H16BrFO5. The predicted octanol–water partition coefficient (Wildman–Crippen LogP) is 3.53. The Morgan fingerprint density at radius 2 is 1.50 bits per heavy atom. The smallest absolute Gasteiger partial charge is 0.338 e. The zero-order valence-corrected chi connectivity index (χ0v) is 15.2. The molecule has 0 amide bonds. The average molecular weight is 423 g/mol. The van der Waals surface area contributed by atoms with Crippen LogP contribution in [0.3, 0.4) is 0 Å². The van der Waals surface area contributed by atoms with Gasteiger partial charge in [0.15, 0.2) is 12.3 Å². The van der Waals surface area contributed by atoms with Crippen molar-refractivity contribution in [2.24, 2.45) is 0 Å². The van der Waals surface area contributed by atoms with E-state index in [-0.39, 0.29) is 6.61 Å². The molecule has 1 aliphatic heterocycles. The van der Waals surface area contributed by atoms with Gasteiger partial charge < -0.3 is 14.2 Å². The summed E-state index contributed by atoms with van der Waals surface area (Å²) in [7, 11) is 0. The van der Waals surface area contributed by atoms with Crippen LogP contribution in [0.25, 0.3) is 0 Å². The van der Waals surface area contributed by atoms with Gasteiger partial charge in [-0.3, -0.25) is 0 Å². The molecule has 1 aliphatic rings. The maximum Gasteiger partial charge on any atom is 0.338 e. The molecule has 2 aromatic carbocycles. The second-order valence-electron chi connectivity index (χ2n) is 5.67. The lowest BCUT2D eigenvalue weighted by molar-refractivity contribution is -0.0342. The van der Waals surface area contributed by atoms with Gasteiger partial charge in [0, 0.05) is 0 Å². The largest absolute Gasteiger partial charge is 0.459 e. The van der Waals surface area contributed by atoms with E-state index >= 15 is 0 Å². The summed E-state index contributed by atoms with van der Waals surface area (Å²) in [5, 5.41) is -0.948. The van der Waals surface area contributed by atoms with Crippen molar-refractivity contribution in [3.63, 3.8) is 0 Å². The molecule has 2 aromatic rings. The molecule has 5 nitrogen and oxygen atoms in total. The van der Waals surface area contributed by atoms with E-state index in [1.807, 2.05) is 0 Å². The van der Waals surface area contributed by atoms with E-state index in [0.717, 1.165) is 0 Å². The molecule has 26 heavy (non-hydrogen) atoms. The van der Waals surface area contributed by atoms with Crippen LogP contribution in [0.1, 0.15) is 20.7 Å². The summed E-state index contributed by atoms with van der Waals surface area (Å²) in [6, 6.07) is 16.7. The number of benzene rings is 2. The second-order valence-corrected chi connectivity index (χ2v) is 6.57. The predicted molar refractivity (Wildman–Crippen MR) is 94.9 cm³/mol. The Bertz CT molecular complexity index is 755. The molecule has 0 saturated carbocycles. The highest BCUT2D eigenvalue weighted by molar-refractivity contribution is 9.09. The lowest BCUT2D eigenvalue weighted by atomic mass is 10.1. The van der Waals surface area contributed by atoms with Crippen molar-refractivity contribution >= 4 is 27.9 Å². The summed E-state index contributed by atoms with van der Waals surface area (Å²) in [6.07, 6.45) is -3.67. The summed E-state index contributed by atoms with van der Waals surface area (Å²) < 4.78 is 30.2. The maximum atomic E-state index is 14.4. The fraction of sp³-hybridized carbons (Fsp3) is 0.263. The van der Waals surface area contributed by atoms with Crippen molar-refractivity contribution in [3.8, 4) is 0 Å². The topological polar surface area (TPSA) is 61.8 Å². The molecule has 0 spiro atoms. The Kier molecular flexibility index (Phi) is 6.00. The molecule has 0 bridgehead atoms. The zero-order chi connectivity index (χ0) is 18.5. The number of hydrogen-bond donors (Lipinski definition) is 0. The lowest BCUT2D eigenvalue weighted by Crippen LogP contribution is -2.37. The van der Waals surface area contributed by atoms with E-state index in [2.05, 4.69) is 15.9 Å². The third-order valence-electron chi connectivity index (χ3n) is 3.88. The maximum absolute atomic E-state index is 14.4. The first kappa shape index (κ1) is 18.5. The number of esters is 2. The van der Waals surface area contributed by atoms with E-state index in [1.54, 1.807) is 60.7 Å². The Hall–Kier alpha value is -2.25. The van der Waals surface area contributed by atoms with Gasteiger partial charge in [-0.1, -0.05) is 52.3 Å². The Balaban J connectivity index is 1.63. The van der Waals surface area contributed by atoms with Crippen molar-refractivity contribution < 1.29 is 28.2 Å². The Morgan fingerprint density at radius 3 is 2.08 bits per heavy atom. The number of carbonyl (C=O) groups excluding carboxylic acids is 2. The second kappa shape index (κ2) is 8.42. The highest BCUT2D eigenvalue weighted by Gasteiger charge is 2.47. The van der Waals surface area contributed by atoms with Crippen LogP contribution in [0, 0.1) is 0 Å². The minimum absolute atomic E-state index is 0.233. The van der Waals surface area contributed by atoms with Crippen LogP contribution in [0.15, 0.2) is 60.7 Å². The van der Waals surface area contributed by atoms with Crippen molar-refractivity contribution in [1.82, 2.24) is 0 Å². The standard InChI is InChI=1S/C19H16BrFO5/c20-17-15(21)16(26-19(23)13-9-5-2-6-10-13)14(25-17)11-24-18(22)12-7-3-1-4-8-12/h1-10,14-17H,11H2/t14-,15?,16-,17+/m1/s1. The monoisotopic (exact) mass is 422 g/mol. The molecule has 0 radical (unpaired) electrons. The van der Waals surface area contributed by atoms with Crippen LogP contribution in [-0.4, -0.2) is 41.9 Å². The normalized spacial score (nSPS) is 24.8. The van der Waals surface area contributed by atoms with Gasteiger partial charge in [0.1, 0.15) is 17.7 Å². The molecule has 136 valence electrons. The fourth-order valence-electron chi connectivity index (χ4n) is 2.53. The minimum Gasteiger partial charge on any atom is -0.459 e. The molecular weight excluding hydrogens is 407 g/mol. The van der Waals surface area contributed by atoms with Gasteiger partial charge in [-0.15, -0.1) is 0 Å². The number of hydrogen-bond acceptors (Lipinski definition) is 5. The number of halogens is 2. The number of alkyl halides is 2. The van der Waals surface area contributed by atoms with Crippen LogP contribution < -0.4 is 0 Å². The lowest BCUT2D eigenvalue weighted by Gasteiger charge is -2.19.